The number of hydrogen-bond acceptors (Lipinski definition) is 3. The van der Waals surface area contributed by atoms with Crippen LogP contribution in [0.5, 0.6) is 0 Å². The van der Waals surface area contributed by atoms with E-state index in [0.717, 1.165) is 31.7 Å². The summed E-state index contributed by atoms with van der Waals surface area (Å²) in [4.78, 5) is 17.7. The molecule has 0 aliphatic carbocycles. The van der Waals surface area contributed by atoms with Gasteiger partial charge in [0.15, 0.2) is 0 Å². The minimum absolute atomic E-state index is 0.00699. The highest BCUT2D eigenvalue weighted by molar-refractivity contribution is 5.96. The maximum atomic E-state index is 13.3. The van der Waals surface area contributed by atoms with Gasteiger partial charge >= 0.3 is 0 Å². The molecular formula is C23H29N3O. The van der Waals surface area contributed by atoms with Crippen molar-refractivity contribution in [2.24, 2.45) is 0 Å². The highest BCUT2D eigenvalue weighted by Crippen LogP contribution is 2.31. The van der Waals surface area contributed by atoms with Gasteiger partial charge in [0, 0.05) is 50.5 Å². The Labute approximate surface area is 162 Å². The van der Waals surface area contributed by atoms with E-state index >= 15 is 0 Å². The first-order valence-electron chi connectivity index (χ1n) is 9.89. The van der Waals surface area contributed by atoms with Crippen molar-refractivity contribution in [3.63, 3.8) is 0 Å². The number of benzene rings is 2. The van der Waals surface area contributed by atoms with Gasteiger partial charge in [-0.05, 0) is 40.3 Å². The molecule has 1 fully saturated rings. The molecule has 4 rings (SSSR count). The summed E-state index contributed by atoms with van der Waals surface area (Å²) in [7, 11) is 0. The van der Waals surface area contributed by atoms with E-state index in [9.17, 15) is 4.79 Å². The first-order valence-corrected chi connectivity index (χ1v) is 9.89. The zero-order valence-electron chi connectivity index (χ0n) is 16.6. The molecule has 142 valence electrons. The van der Waals surface area contributed by atoms with Gasteiger partial charge in [0.2, 0.25) is 0 Å². The first kappa shape index (κ1) is 18.1. The average Bonchev–Trinajstić information content (AvgIpc) is 3.11. The standard InChI is InChI=1S/C23H29N3O/c1-23(2,3)20-12-19(13-21(14-20)25-10-8-24-9-11-25)22(27)26-15-17-6-4-5-7-18(17)16-26/h4-7,12-14,24H,8-11,15-16H2,1-3H3. The number of hydrogen-bond donors (Lipinski definition) is 1. The van der Waals surface area contributed by atoms with Gasteiger partial charge in [-0.2, -0.15) is 0 Å². The van der Waals surface area contributed by atoms with Crippen LogP contribution in [-0.4, -0.2) is 37.0 Å². The quantitative estimate of drug-likeness (QED) is 0.886. The lowest BCUT2D eigenvalue weighted by Gasteiger charge is -2.31. The molecule has 4 nitrogen and oxygen atoms in total. The maximum Gasteiger partial charge on any atom is 0.254 e. The number of rotatable bonds is 2. The highest BCUT2D eigenvalue weighted by atomic mass is 16.2. The summed E-state index contributed by atoms with van der Waals surface area (Å²) < 4.78 is 0. The molecule has 0 radical (unpaired) electrons. The second-order valence-electron chi connectivity index (χ2n) is 8.69. The molecule has 2 heterocycles. The van der Waals surface area contributed by atoms with Crippen LogP contribution in [0.4, 0.5) is 5.69 Å². The van der Waals surface area contributed by atoms with Gasteiger partial charge in [-0.15, -0.1) is 0 Å². The molecule has 0 atom stereocenters. The van der Waals surface area contributed by atoms with Crippen LogP contribution < -0.4 is 10.2 Å². The SMILES string of the molecule is CC(C)(C)c1cc(C(=O)N2Cc3ccccc3C2)cc(N2CCNCC2)c1. The zero-order chi connectivity index (χ0) is 19.0. The number of carbonyl (C=O) groups is 1. The van der Waals surface area contributed by atoms with Crippen molar-refractivity contribution in [2.75, 3.05) is 31.1 Å². The summed E-state index contributed by atoms with van der Waals surface area (Å²) in [6.45, 7) is 12.0. The molecule has 2 aromatic rings. The summed E-state index contributed by atoms with van der Waals surface area (Å²) >= 11 is 0. The number of amides is 1. The molecular weight excluding hydrogens is 334 g/mol. The van der Waals surface area contributed by atoms with Crippen molar-refractivity contribution in [1.29, 1.82) is 0 Å². The number of fused-ring (bicyclic) bond motifs is 1. The van der Waals surface area contributed by atoms with E-state index in [0.29, 0.717) is 13.1 Å². The molecule has 4 heteroatoms. The van der Waals surface area contributed by atoms with E-state index in [2.05, 4.69) is 73.5 Å². The number of nitrogens with one attached hydrogen (secondary N) is 1. The lowest BCUT2D eigenvalue weighted by Crippen LogP contribution is -2.43. The van der Waals surface area contributed by atoms with Crippen LogP contribution >= 0.6 is 0 Å². The van der Waals surface area contributed by atoms with Crippen molar-refractivity contribution in [3.8, 4) is 0 Å². The Morgan fingerprint density at radius 3 is 2.19 bits per heavy atom. The Kier molecular flexibility index (Phi) is 4.68. The van der Waals surface area contributed by atoms with E-state index in [1.165, 1.54) is 22.4 Å². The Balaban J connectivity index is 1.66. The third-order valence-electron chi connectivity index (χ3n) is 5.64. The molecule has 0 bridgehead atoms. The molecule has 1 amide bonds. The molecule has 0 unspecified atom stereocenters. The smallest absolute Gasteiger partial charge is 0.254 e. The monoisotopic (exact) mass is 363 g/mol. The molecule has 2 aliphatic rings. The molecule has 2 aliphatic heterocycles. The van der Waals surface area contributed by atoms with Crippen LogP contribution in [-0.2, 0) is 18.5 Å². The second kappa shape index (κ2) is 7.01. The summed E-state index contributed by atoms with van der Waals surface area (Å²) in [6, 6.07) is 14.8. The van der Waals surface area contributed by atoms with Gasteiger partial charge in [-0.25, -0.2) is 0 Å². The number of piperazine rings is 1. The Bertz CT molecular complexity index is 822. The fraction of sp³-hybridized carbons (Fsp3) is 0.435. The van der Waals surface area contributed by atoms with Crippen molar-refractivity contribution in [1.82, 2.24) is 10.2 Å². The van der Waals surface area contributed by atoms with Gasteiger partial charge in [-0.1, -0.05) is 45.0 Å². The van der Waals surface area contributed by atoms with Gasteiger partial charge < -0.3 is 15.1 Å². The Morgan fingerprint density at radius 2 is 1.59 bits per heavy atom. The third-order valence-corrected chi connectivity index (χ3v) is 5.64. The molecule has 0 aromatic heterocycles. The average molecular weight is 364 g/mol. The summed E-state index contributed by atoms with van der Waals surface area (Å²) in [5, 5.41) is 3.40. The van der Waals surface area contributed by atoms with Gasteiger partial charge in [0.25, 0.3) is 5.91 Å². The number of carbonyl (C=O) groups excluding carboxylic acids is 1. The Hall–Kier alpha value is -2.33. The predicted molar refractivity (Wildman–Crippen MR) is 110 cm³/mol. The molecule has 1 N–H and O–H groups in total. The van der Waals surface area contributed by atoms with Crippen molar-refractivity contribution >= 4 is 11.6 Å². The van der Waals surface area contributed by atoms with E-state index in [4.69, 9.17) is 0 Å². The molecule has 0 saturated carbocycles. The second-order valence-corrected chi connectivity index (χ2v) is 8.69. The topological polar surface area (TPSA) is 35.6 Å². The van der Waals surface area contributed by atoms with Crippen LogP contribution in [0.2, 0.25) is 0 Å². The lowest BCUT2D eigenvalue weighted by atomic mass is 9.85. The maximum absolute atomic E-state index is 13.3. The van der Waals surface area contributed by atoms with E-state index < -0.39 is 0 Å². The van der Waals surface area contributed by atoms with Crippen molar-refractivity contribution < 1.29 is 4.79 Å². The van der Waals surface area contributed by atoms with E-state index in [1.807, 2.05) is 4.90 Å². The fourth-order valence-electron chi connectivity index (χ4n) is 3.93. The van der Waals surface area contributed by atoms with E-state index in [-0.39, 0.29) is 11.3 Å². The van der Waals surface area contributed by atoms with Gasteiger partial charge in [0.05, 0.1) is 0 Å². The van der Waals surface area contributed by atoms with Crippen molar-refractivity contribution in [3.05, 3.63) is 64.7 Å². The third kappa shape index (κ3) is 3.72. The predicted octanol–water partition coefficient (Wildman–Crippen LogP) is 3.55. The minimum atomic E-state index is 0.00699. The normalized spacial score (nSPS) is 17.1. The molecule has 27 heavy (non-hydrogen) atoms. The van der Waals surface area contributed by atoms with E-state index in [1.54, 1.807) is 0 Å². The fourth-order valence-corrected chi connectivity index (χ4v) is 3.93. The number of nitrogens with zero attached hydrogens (tertiary/aromatic N) is 2. The van der Waals surface area contributed by atoms with Crippen LogP contribution in [0.3, 0.4) is 0 Å². The van der Waals surface area contributed by atoms with Gasteiger partial charge in [0.1, 0.15) is 0 Å². The van der Waals surface area contributed by atoms with Crippen molar-refractivity contribution in [2.45, 2.75) is 39.3 Å². The zero-order valence-corrected chi connectivity index (χ0v) is 16.6. The van der Waals surface area contributed by atoms with Gasteiger partial charge in [-0.3, -0.25) is 4.79 Å². The molecule has 0 spiro atoms. The summed E-state index contributed by atoms with van der Waals surface area (Å²) in [5.74, 6) is 0.133. The number of anilines is 1. The molecule has 2 aromatic carbocycles. The summed E-state index contributed by atoms with van der Waals surface area (Å²) in [5.41, 5.74) is 5.74. The van der Waals surface area contributed by atoms with Crippen LogP contribution in [0.25, 0.3) is 0 Å². The van der Waals surface area contributed by atoms with Crippen LogP contribution in [0.1, 0.15) is 47.8 Å². The Morgan fingerprint density at radius 1 is 0.963 bits per heavy atom. The van der Waals surface area contributed by atoms with Crippen LogP contribution in [0.15, 0.2) is 42.5 Å². The largest absolute Gasteiger partial charge is 0.369 e. The first-order chi connectivity index (χ1) is 12.9. The minimum Gasteiger partial charge on any atom is -0.369 e. The molecule has 1 saturated heterocycles. The highest BCUT2D eigenvalue weighted by Gasteiger charge is 2.26. The summed E-state index contributed by atoms with van der Waals surface area (Å²) in [6.07, 6.45) is 0. The lowest BCUT2D eigenvalue weighted by molar-refractivity contribution is 0.0751. The van der Waals surface area contributed by atoms with Crippen LogP contribution in [0, 0.1) is 0 Å².